The first-order valence-electron chi connectivity index (χ1n) is 13.4. The predicted molar refractivity (Wildman–Crippen MR) is 157 cm³/mol. The predicted octanol–water partition coefficient (Wildman–Crippen LogP) is 8.07. The Morgan fingerprint density at radius 3 is 1.92 bits per heavy atom. The number of benzene rings is 3. The zero-order chi connectivity index (χ0) is 27.9. The fraction of sp³-hybridized carbons (Fsp3) is 0.382. The van der Waals surface area contributed by atoms with E-state index in [0.29, 0.717) is 19.6 Å². The van der Waals surface area contributed by atoms with Gasteiger partial charge in [0.05, 0.1) is 0 Å². The second-order valence-electron chi connectivity index (χ2n) is 11.8. The molecule has 202 valence electrons. The molecule has 0 aliphatic carbocycles. The average molecular weight is 515 g/mol. The summed E-state index contributed by atoms with van der Waals surface area (Å²) in [5.41, 5.74) is 7.36. The van der Waals surface area contributed by atoms with Gasteiger partial charge in [0.2, 0.25) is 0 Å². The summed E-state index contributed by atoms with van der Waals surface area (Å²) in [7, 11) is 0. The third-order valence-electron chi connectivity index (χ3n) is 6.55. The summed E-state index contributed by atoms with van der Waals surface area (Å²) < 4.78 is 11.1. The van der Waals surface area contributed by atoms with Gasteiger partial charge < -0.3 is 14.6 Å². The standard InChI is InChI=1S/C34H42O4/c1-8-37-31(32(35)36)20-25-13-17-30(18-14-25)38-19-9-10-24-11-15-26(16-12-24)27-21-28(33(2,3)4)23-29(22-27)34(5,6)7/h9-18,21-23,31H,8,19-20H2,1-7H3,(H,35,36)/b10-9+. The Kier molecular flexibility index (Phi) is 9.56. The molecule has 1 atom stereocenters. The minimum atomic E-state index is -0.946. The number of aliphatic carboxylic acids is 1. The molecular weight excluding hydrogens is 472 g/mol. The summed E-state index contributed by atoms with van der Waals surface area (Å²) in [6.45, 7) is 16.2. The van der Waals surface area contributed by atoms with Crippen LogP contribution in [0.15, 0.2) is 72.8 Å². The van der Waals surface area contributed by atoms with Crippen molar-refractivity contribution in [3.8, 4) is 16.9 Å². The van der Waals surface area contributed by atoms with Gasteiger partial charge in [0, 0.05) is 13.0 Å². The molecule has 3 aromatic carbocycles. The van der Waals surface area contributed by atoms with Crippen LogP contribution in [-0.2, 0) is 26.8 Å². The SMILES string of the molecule is CCOC(Cc1ccc(OC/C=C/c2ccc(-c3cc(C(C)(C)C)cc(C(C)(C)C)c3)cc2)cc1)C(=O)O. The first-order valence-corrected chi connectivity index (χ1v) is 13.4. The topological polar surface area (TPSA) is 55.8 Å². The maximum Gasteiger partial charge on any atom is 0.333 e. The molecule has 0 amide bonds. The summed E-state index contributed by atoms with van der Waals surface area (Å²) in [5, 5.41) is 9.25. The van der Waals surface area contributed by atoms with Gasteiger partial charge in [-0.2, -0.15) is 0 Å². The zero-order valence-corrected chi connectivity index (χ0v) is 23.9. The lowest BCUT2D eigenvalue weighted by atomic mass is 9.79. The molecule has 0 aliphatic rings. The largest absolute Gasteiger partial charge is 0.490 e. The third kappa shape index (κ3) is 8.32. The smallest absolute Gasteiger partial charge is 0.333 e. The highest BCUT2D eigenvalue weighted by molar-refractivity contribution is 5.72. The molecule has 1 N–H and O–H groups in total. The summed E-state index contributed by atoms with van der Waals surface area (Å²) in [4.78, 5) is 11.3. The molecule has 0 fully saturated rings. The van der Waals surface area contributed by atoms with E-state index in [1.54, 1.807) is 6.92 Å². The van der Waals surface area contributed by atoms with Crippen LogP contribution in [0.3, 0.4) is 0 Å². The Balaban J connectivity index is 1.62. The van der Waals surface area contributed by atoms with Crippen LogP contribution >= 0.6 is 0 Å². The van der Waals surface area contributed by atoms with E-state index in [-0.39, 0.29) is 10.8 Å². The van der Waals surface area contributed by atoms with Gasteiger partial charge in [-0.1, -0.05) is 102 Å². The first-order chi connectivity index (χ1) is 17.9. The van der Waals surface area contributed by atoms with Crippen LogP contribution in [-0.4, -0.2) is 30.4 Å². The van der Waals surface area contributed by atoms with Crippen LogP contribution in [0.25, 0.3) is 17.2 Å². The summed E-state index contributed by atoms with van der Waals surface area (Å²) in [6, 6.07) is 23.1. The van der Waals surface area contributed by atoms with Gasteiger partial charge in [0.15, 0.2) is 6.10 Å². The highest BCUT2D eigenvalue weighted by Crippen LogP contribution is 2.34. The molecule has 0 heterocycles. The number of hydrogen-bond donors (Lipinski definition) is 1. The van der Waals surface area contributed by atoms with Crippen LogP contribution in [0.5, 0.6) is 5.75 Å². The molecule has 3 rings (SSSR count). The molecule has 0 bridgehead atoms. The van der Waals surface area contributed by atoms with E-state index in [1.165, 1.54) is 22.3 Å². The minimum Gasteiger partial charge on any atom is -0.490 e. The Bertz CT molecular complexity index is 1190. The van der Waals surface area contributed by atoms with Crippen molar-refractivity contribution in [2.24, 2.45) is 0 Å². The Morgan fingerprint density at radius 2 is 1.42 bits per heavy atom. The second kappa shape index (κ2) is 12.4. The molecule has 0 aliphatic heterocycles. The van der Waals surface area contributed by atoms with E-state index in [0.717, 1.165) is 16.9 Å². The van der Waals surface area contributed by atoms with Crippen molar-refractivity contribution in [3.05, 3.63) is 95.1 Å². The summed E-state index contributed by atoms with van der Waals surface area (Å²) >= 11 is 0. The van der Waals surface area contributed by atoms with E-state index in [9.17, 15) is 9.90 Å². The maximum absolute atomic E-state index is 11.3. The van der Waals surface area contributed by atoms with Crippen molar-refractivity contribution < 1.29 is 19.4 Å². The van der Waals surface area contributed by atoms with Crippen molar-refractivity contribution in [1.82, 2.24) is 0 Å². The Morgan fingerprint density at radius 1 is 0.842 bits per heavy atom. The van der Waals surface area contributed by atoms with E-state index < -0.39 is 12.1 Å². The van der Waals surface area contributed by atoms with Crippen LogP contribution < -0.4 is 4.74 Å². The van der Waals surface area contributed by atoms with Crippen molar-refractivity contribution in [1.29, 1.82) is 0 Å². The van der Waals surface area contributed by atoms with Crippen molar-refractivity contribution >= 4 is 12.0 Å². The second-order valence-corrected chi connectivity index (χ2v) is 11.8. The van der Waals surface area contributed by atoms with Crippen molar-refractivity contribution in [2.75, 3.05) is 13.2 Å². The molecule has 4 nitrogen and oxygen atoms in total. The molecular formula is C34H42O4. The van der Waals surface area contributed by atoms with Crippen LogP contribution in [0, 0.1) is 0 Å². The van der Waals surface area contributed by atoms with Crippen LogP contribution in [0.4, 0.5) is 0 Å². The van der Waals surface area contributed by atoms with Gasteiger partial charge in [-0.05, 0) is 69.3 Å². The van der Waals surface area contributed by atoms with Crippen LogP contribution in [0.2, 0.25) is 0 Å². The highest BCUT2D eigenvalue weighted by Gasteiger charge is 2.21. The molecule has 4 heteroatoms. The van der Waals surface area contributed by atoms with Crippen LogP contribution in [0.1, 0.15) is 70.7 Å². The fourth-order valence-corrected chi connectivity index (χ4v) is 4.13. The van der Waals surface area contributed by atoms with Gasteiger partial charge in [-0.25, -0.2) is 4.79 Å². The lowest BCUT2D eigenvalue weighted by Crippen LogP contribution is -2.26. The molecule has 0 saturated carbocycles. The fourth-order valence-electron chi connectivity index (χ4n) is 4.13. The molecule has 0 aromatic heterocycles. The van der Waals surface area contributed by atoms with E-state index in [2.05, 4.69) is 90.1 Å². The monoisotopic (exact) mass is 514 g/mol. The average Bonchev–Trinajstić information content (AvgIpc) is 2.86. The number of carboxylic acid groups (broad SMARTS) is 1. The quantitative estimate of drug-likeness (QED) is 0.297. The van der Waals surface area contributed by atoms with E-state index in [1.807, 2.05) is 30.3 Å². The number of carboxylic acids is 1. The zero-order valence-electron chi connectivity index (χ0n) is 23.9. The van der Waals surface area contributed by atoms with Crippen molar-refractivity contribution in [2.45, 2.75) is 71.8 Å². The highest BCUT2D eigenvalue weighted by atomic mass is 16.5. The minimum absolute atomic E-state index is 0.0867. The lowest BCUT2D eigenvalue weighted by molar-refractivity contribution is -0.149. The van der Waals surface area contributed by atoms with E-state index >= 15 is 0 Å². The Labute approximate surface area is 228 Å². The normalized spacial score (nSPS) is 13.0. The number of hydrogen-bond acceptors (Lipinski definition) is 3. The first kappa shape index (κ1) is 29.2. The molecule has 3 aromatic rings. The van der Waals surface area contributed by atoms with Gasteiger partial charge in [0.1, 0.15) is 12.4 Å². The van der Waals surface area contributed by atoms with Gasteiger partial charge in [0.25, 0.3) is 0 Å². The van der Waals surface area contributed by atoms with Gasteiger partial charge >= 0.3 is 5.97 Å². The lowest BCUT2D eigenvalue weighted by Gasteiger charge is -2.26. The molecule has 1 unspecified atom stereocenters. The molecule has 0 radical (unpaired) electrons. The molecule has 0 spiro atoms. The maximum atomic E-state index is 11.3. The van der Waals surface area contributed by atoms with Crippen molar-refractivity contribution in [3.63, 3.8) is 0 Å². The number of rotatable bonds is 10. The van der Waals surface area contributed by atoms with E-state index in [4.69, 9.17) is 9.47 Å². The Hall–Kier alpha value is -3.37. The van der Waals surface area contributed by atoms with Gasteiger partial charge in [-0.3, -0.25) is 0 Å². The third-order valence-corrected chi connectivity index (χ3v) is 6.55. The summed E-state index contributed by atoms with van der Waals surface area (Å²) in [6.07, 6.45) is 3.56. The number of ether oxygens (including phenoxy) is 2. The molecule has 0 saturated heterocycles. The summed E-state index contributed by atoms with van der Waals surface area (Å²) in [5.74, 6) is -0.205. The van der Waals surface area contributed by atoms with Gasteiger partial charge in [-0.15, -0.1) is 0 Å². The molecule has 38 heavy (non-hydrogen) atoms. The number of carbonyl (C=O) groups is 1.